The molecule has 84 valence electrons. The van der Waals surface area contributed by atoms with Gasteiger partial charge in [0, 0.05) is 6.54 Å². The fourth-order valence-corrected chi connectivity index (χ4v) is 1.50. The van der Waals surface area contributed by atoms with Gasteiger partial charge in [0.25, 0.3) is 0 Å². The van der Waals surface area contributed by atoms with E-state index in [1.165, 1.54) is 7.11 Å². The van der Waals surface area contributed by atoms with E-state index >= 15 is 0 Å². The van der Waals surface area contributed by atoms with Gasteiger partial charge < -0.3 is 14.5 Å². The normalized spacial score (nSPS) is 14.6. The van der Waals surface area contributed by atoms with Crippen molar-refractivity contribution in [3.05, 3.63) is 24.2 Å². The Bertz CT molecular complexity index is 300. The second kappa shape index (κ2) is 5.92. The van der Waals surface area contributed by atoms with Crippen molar-refractivity contribution in [3.8, 4) is 0 Å². The van der Waals surface area contributed by atoms with E-state index in [9.17, 15) is 4.79 Å². The van der Waals surface area contributed by atoms with Crippen molar-refractivity contribution < 1.29 is 13.9 Å². The monoisotopic (exact) mass is 275 g/mol. The standard InChI is InChI=1S/C10H14BrNO3/c1-7(9-4-3-5-15-9)12-6-8(11)10(13)14-2/h3-5,7-8,12H,6H2,1-2H3/t7-,8?/m0/s1. The molecular formula is C10H14BrNO3. The molecule has 2 atom stereocenters. The molecule has 0 fully saturated rings. The zero-order valence-corrected chi connectivity index (χ0v) is 10.3. The summed E-state index contributed by atoms with van der Waals surface area (Å²) >= 11 is 3.23. The molecule has 0 aliphatic heterocycles. The molecule has 0 saturated heterocycles. The number of rotatable bonds is 5. The van der Waals surface area contributed by atoms with Gasteiger partial charge >= 0.3 is 5.97 Å². The number of furan rings is 1. The first kappa shape index (κ1) is 12.3. The van der Waals surface area contributed by atoms with Crippen molar-refractivity contribution in [1.82, 2.24) is 5.32 Å². The minimum atomic E-state index is -0.333. The highest BCUT2D eigenvalue weighted by molar-refractivity contribution is 9.10. The molecule has 4 nitrogen and oxygen atoms in total. The second-order valence-corrected chi connectivity index (χ2v) is 4.24. The Morgan fingerprint density at radius 3 is 3.00 bits per heavy atom. The first-order chi connectivity index (χ1) is 7.15. The fourth-order valence-electron chi connectivity index (χ4n) is 1.13. The van der Waals surface area contributed by atoms with Crippen LogP contribution in [0.5, 0.6) is 0 Å². The largest absolute Gasteiger partial charge is 0.468 e. The van der Waals surface area contributed by atoms with Gasteiger partial charge in [-0.25, -0.2) is 0 Å². The minimum Gasteiger partial charge on any atom is -0.468 e. The molecule has 0 saturated carbocycles. The van der Waals surface area contributed by atoms with Gasteiger partial charge in [-0.15, -0.1) is 0 Å². The van der Waals surface area contributed by atoms with Crippen LogP contribution < -0.4 is 5.32 Å². The van der Waals surface area contributed by atoms with E-state index in [1.54, 1.807) is 6.26 Å². The van der Waals surface area contributed by atoms with E-state index < -0.39 is 0 Å². The number of carbonyl (C=O) groups excluding carboxylic acids is 1. The van der Waals surface area contributed by atoms with Gasteiger partial charge in [-0.2, -0.15) is 0 Å². The first-order valence-electron chi connectivity index (χ1n) is 4.64. The summed E-state index contributed by atoms with van der Waals surface area (Å²) in [7, 11) is 1.37. The van der Waals surface area contributed by atoms with Crippen LogP contribution in [-0.2, 0) is 9.53 Å². The zero-order chi connectivity index (χ0) is 11.3. The maximum atomic E-state index is 11.1. The topological polar surface area (TPSA) is 51.5 Å². The van der Waals surface area contributed by atoms with Crippen molar-refractivity contribution in [2.45, 2.75) is 17.8 Å². The zero-order valence-electron chi connectivity index (χ0n) is 8.70. The third-order valence-corrected chi connectivity index (χ3v) is 2.73. The van der Waals surface area contributed by atoms with Crippen LogP contribution in [0.1, 0.15) is 18.7 Å². The lowest BCUT2D eigenvalue weighted by Gasteiger charge is -2.13. The van der Waals surface area contributed by atoms with Crippen molar-refractivity contribution >= 4 is 21.9 Å². The number of hydrogen-bond acceptors (Lipinski definition) is 4. The number of ether oxygens (including phenoxy) is 1. The number of carbonyl (C=O) groups is 1. The van der Waals surface area contributed by atoms with Crippen LogP contribution in [0.4, 0.5) is 0 Å². The Labute approximate surface area is 97.1 Å². The maximum absolute atomic E-state index is 11.1. The van der Waals surface area contributed by atoms with Gasteiger partial charge in [-0.3, -0.25) is 4.79 Å². The molecule has 0 radical (unpaired) electrons. The summed E-state index contributed by atoms with van der Waals surface area (Å²) in [5.74, 6) is 0.564. The van der Waals surface area contributed by atoms with Crippen LogP contribution in [0.15, 0.2) is 22.8 Å². The van der Waals surface area contributed by atoms with E-state index in [4.69, 9.17) is 4.42 Å². The number of alkyl halides is 1. The van der Waals surface area contributed by atoms with Crippen molar-refractivity contribution in [3.63, 3.8) is 0 Å². The Balaban J connectivity index is 2.34. The molecule has 0 amide bonds. The average Bonchev–Trinajstić information content (AvgIpc) is 2.77. The van der Waals surface area contributed by atoms with Gasteiger partial charge in [0.15, 0.2) is 0 Å². The van der Waals surface area contributed by atoms with E-state index in [0.29, 0.717) is 6.54 Å². The molecule has 15 heavy (non-hydrogen) atoms. The lowest BCUT2D eigenvalue weighted by atomic mass is 10.2. The molecule has 5 heteroatoms. The Morgan fingerprint density at radius 1 is 1.73 bits per heavy atom. The van der Waals surface area contributed by atoms with Gasteiger partial charge in [0.1, 0.15) is 10.6 Å². The van der Waals surface area contributed by atoms with E-state index in [2.05, 4.69) is 26.0 Å². The lowest BCUT2D eigenvalue weighted by Crippen LogP contribution is -2.31. The molecule has 0 aromatic carbocycles. The number of esters is 1. The summed E-state index contributed by atoms with van der Waals surface area (Å²) in [6.45, 7) is 2.46. The molecule has 1 rings (SSSR count). The van der Waals surface area contributed by atoms with Crippen molar-refractivity contribution in [2.75, 3.05) is 13.7 Å². The molecule has 1 aromatic rings. The summed E-state index contributed by atoms with van der Waals surface area (Å²) < 4.78 is 9.81. The average molecular weight is 276 g/mol. The van der Waals surface area contributed by atoms with E-state index in [0.717, 1.165) is 5.76 Å². The Hall–Kier alpha value is -0.810. The Kier molecular flexibility index (Phi) is 4.84. The van der Waals surface area contributed by atoms with Crippen LogP contribution in [0.3, 0.4) is 0 Å². The van der Waals surface area contributed by atoms with Crippen LogP contribution in [0.25, 0.3) is 0 Å². The van der Waals surface area contributed by atoms with Gasteiger partial charge in [0.2, 0.25) is 0 Å². The van der Waals surface area contributed by atoms with Gasteiger partial charge in [-0.05, 0) is 19.1 Å². The predicted molar refractivity (Wildman–Crippen MR) is 59.9 cm³/mol. The summed E-state index contributed by atoms with van der Waals surface area (Å²) in [6, 6.07) is 3.79. The summed E-state index contributed by atoms with van der Waals surface area (Å²) in [6.07, 6.45) is 1.62. The SMILES string of the molecule is COC(=O)C(Br)CN[C@@H](C)c1ccco1. The summed E-state index contributed by atoms with van der Waals surface area (Å²) in [5, 5.41) is 3.16. The van der Waals surface area contributed by atoms with E-state index in [-0.39, 0.29) is 16.8 Å². The highest BCUT2D eigenvalue weighted by Gasteiger charge is 2.16. The molecule has 0 aliphatic rings. The molecule has 1 N–H and O–H groups in total. The highest BCUT2D eigenvalue weighted by Crippen LogP contribution is 2.12. The number of methoxy groups -OCH3 is 1. The van der Waals surface area contributed by atoms with Crippen LogP contribution in [0, 0.1) is 0 Å². The molecular weight excluding hydrogens is 262 g/mol. The van der Waals surface area contributed by atoms with Crippen molar-refractivity contribution in [2.24, 2.45) is 0 Å². The number of nitrogens with one attached hydrogen (secondary N) is 1. The molecule has 0 spiro atoms. The van der Waals surface area contributed by atoms with Gasteiger partial charge in [0.05, 0.1) is 19.4 Å². The van der Waals surface area contributed by atoms with Crippen LogP contribution in [0.2, 0.25) is 0 Å². The van der Waals surface area contributed by atoms with Crippen LogP contribution in [-0.4, -0.2) is 24.5 Å². The molecule has 1 heterocycles. The fraction of sp³-hybridized carbons (Fsp3) is 0.500. The molecule has 1 unspecified atom stereocenters. The predicted octanol–water partition coefficient (Wildman–Crippen LogP) is 1.87. The number of halogens is 1. The highest BCUT2D eigenvalue weighted by atomic mass is 79.9. The minimum absolute atomic E-state index is 0.0738. The Morgan fingerprint density at radius 2 is 2.47 bits per heavy atom. The molecule has 1 aromatic heterocycles. The van der Waals surface area contributed by atoms with E-state index in [1.807, 2.05) is 19.1 Å². The second-order valence-electron chi connectivity index (χ2n) is 3.14. The number of hydrogen-bond donors (Lipinski definition) is 1. The summed E-state index contributed by atoms with van der Waals surface area (Å²) in [5.41, 5.74) is 0. The maximum Gasteiger partial charge on any atom is 0.320 e. The third-order valence-electron chi connectivity index (χ3n) is 2.03. The van der Waals surface area contributed by atoms with Gasteiger partial charge in [-0.1, -0.05) is 15.9 Å². The van der Waals surface area contributed by atoms with Crippen molar-refractivity contribution in [1.29, 1.82) is 0 Å². The third kappa shape index (κ3) is 3.68. The smallest absolute Gasteiger partial charge is 0.320 e. The molecule has 0 bridgehead atoms. The van der Waals surface area contributed by atoms with Crippen LogP contribution >= 0.6 is 15.9 Å². The quantitative estimate of drug-likeness (QED) is 0.659. The first-order valence-corrected chi connectivity index (χ1v) is 5.55. The summed E-state index contributed by atoms with van der Waals surface area (Å²) in [4.78, 5) is 10.7. The lowest BCUT2D eigenvalue weighted by molar-refractivity contribution is -0.139. The molecule has 0 aliphatic carbocycles.